The van der Waals surface area contributed by atoms with Crippen molar-refractivity contribution in [3.8, 4) is 11.5 Å². The summed E-state index contributed by atoms with van der Waals surface area (Å²) in [5.74, 6) is -0.801. The van der Waals surface area contributed by atoms with E-state index in [0.717, 1.165) is 0 Å². The largest absolute Gasteiger partial charge is 0.490 e. The van der Waals surface area contributed by atoms with Crippen LogP contribution in [-0.4, -0.2) is 49.5 Å². The molecule has 0 saturated carbocycles. The number of amides is 1. The number of carbonyl (C=O) groups is 2. The fraction of sp³-hybridized carbons (Fsp3) is 0.467. The van der Waals surface area contributed by atoms with E-state index >= 15 is 0 Å². The van der Waals surface area contributed by atoms with Gasteiger partial charge in [-0.1, -0.05) is 12.1 Å². The number of carboxylic acids is 1. The molecule has 1 aromatic rings. The van der Waals surface area contributed by atoms with Crippen LogP contribution in [-0.2, 0) is 14.3 Å². The van der Waals surface area contributed by atoms with Crippen LogP contribution in [0, 0.1) is 0 Å². The Balaban J connectivity index is 2.64. The molecule has 0 aromatic heterocycles. The number of carboxylic acid groups (broad SMARTS) is 1. The van der Waals surface area contributed by atoms with Crippen molar-refractivity contribution in [1.82, 2.24) is 5.32 Å². The molecule has 1 amide bonds. The maximum absolute atomic E-state index is 11.9. The Hall–Kier alpha value is -2.28. The van der Waals surface area contributed by atoms with Gasteiger partial charge in [0.05, 0.1) is 13.2 Å². The van der Waals surface area contributed by atoms with Crippen LogP contribution < -0.4 is 14.8 Å². The predicted octanol–water partition coefficient (Wildman–Crippen LogP) is 1.07. The molecule has 0 aliphatic rings. The van der Waals surface area contributed by atoms with Gasteiger partial charge in [0, 0.05) is 7.11 Å². The molecule has 0 radical (unpaired) electrons. The van der Waals surface area contributed by atoms with Crippen LogP contribution in [0.2, 0.25) is 0 Å². The summed E-state index contributed by atoms with van der Waals surface area (Å²) in [6.07, 6.45) is 0. The van der Waals surface area contributed by atoms with E-state index in [9.17, 15) is 9.59 Å². The Morgan fingerprint density at radius 3 is 2.32 bits per heavy atom. The van der Waals surface area contributed by atoms with Crippen molar-refractivity contribution in [2.24, 2.45) is 0 Å². The van der Waals surface area contributed by atoms with Gasteiger partial charge in [0.15, 0.2) is 23.6 Å². The highest BCUT2D eigenvalue weighted by Gasteiger charge is 2.35. The molecular formula is C15H21NO6. The summed E-state index contributed by atoms with van der Waals surface area (Å²) in [5.41, 5.74) is -1.51. The first kappa shape index (κ1) is 17.8. The second-order valence-corrected chi connectivity index (χ2v) is 4.79. The molecule has 2 N–H and O–H groups in total. The van der Waals surface area contributed by atoms with Crippen molar-refractivity contribution in [2.75, 3.05) is 26.9 Å². The summed E-state index contributed by atoms with van der Waals surface area (Å²) in [6, 6.07) is 6.94. The van der Waals surface area contributed by atoms with E-state index in [2.05, 4.69) is 5.32 Å². The molecule has 22 heavy (non-hydrogen) atoms. The van der Waals surface area contributed by atoms with Gasteiger partial charge in [0.2, 0.25) is 0 Å². The molecule has 7 heteroatoms. The summed E-state index contributed by atoms with van der Waals surface area (Å²) in [5, 5.41) is 11.5. The third-order valence-corrected chi connectivity index (χ3v) is 2.83. The van der Waals surface area contributed by atoms with Gasteiger partial charge in [-0.25, -0.2) is 4.79 Å². The zero-order chi connectivity index (χ0) is 16.6. The first-order valence-electron chi connectivity index (χ1n) is 6.81. The Kier molecular flexibility index (Phi) is 6.65. The zero-order valence-electron chi connectivity index (χ0n) is 12.9. The molecule has 0 bridgehead atoms. The average Bonchev–Trinajstić information content (AvgIpc) is 2.46. The Morgan fingerprint density at radius 1 is 1.23 bits per heavy atom. The molecule has 122 valence electrons. The molecule has 0 spiro atoms. The molecule has 1 atom stereocenters. The van der Waals surface area contributed by atoms with E-state index in [1.807, 2.05) is 6.92 Å². The number of nitrogens with one attached hydrogen (secondary N) is 1. The van der Waals surface area contributed by atoms with Crippen LogP contribution in [0.15, 0.2) is 24.3 Å². The van der Waals surface area contributed by atoms with E-state index in [1.165, 1.54) is 14.0 Å². The lowest BCUT2D eigenvalue weighted by atomic mass is 10.0. The van der Waals surface area contributed by atoms with Gasteiger partial charge in [0.25, 0.3) is 5.91 Å². The molecule has 1 rings (SSSR count). The molecule has 1 unspecified atom stereocenters. The van der Waals surface area contributed by atoms with Crippen LogP contribution in [0.1, 0.15) is 13.8 Å². The van der Waals surface area contributed by atoms with Gasteiger partial charge in [-0.3, -0.25) is 4.79 Å². The van der Waals surface area contributed by atoms with Crippen molar-refractivity contribution in [3.05, 3.63) is 24.3 Å². The molecule has 0 aliphatic carbocycles. The zero-order valence-corrected chi connectivity index (χ0v) is 12.9. The molecule has 0 aliphatic heterocycles. The van der Waals surface area contributed by atoms with Crippen molar-refractivity contribution in [1.29, 1.82) is 0 Å². The number of para-hydroxylation sites is 2. The fourth-order valence-electron chi connectivity index (χ4n) is 1.77. The second-order valence-electron chi connectivity index (χ2n) is 4.79. The average molecular weight is 311 g/mol. The normalized spacial score (nSPS) is 13.0. The predicted molar refractivity (Wildman–Crippen MR) is 79.2 cm³/mol. The van der Waals surface area contributed by atoms with Gasteiger partial charge in [0.1, 0.15) is 0 Å². The maximum atomic E-state index is 11.9. The van der Waals surface area contributed by atoms with Crippen molar-refractivity contribution >= 4 is 11.9 Å². The van der Waals surface area contributed by atoms with Crippen molar-refractivity contribution in [2.45, 2.75) is 19.4 Å². The number of carbonyl (C=O) groups excluding carboxylic acids is 1. The minimum absolute atomic E-state index is 0.149. The van der Waals surface area contributed by atoms with Crippen LogP contribution >= 0.6 is 0 Å². The standard InChI is InChI=1S/C15H21NO6/c1-4-21-11-7-5-6-8-12(11)22-9-13(17)16-15(2,10-20-3)14(18)19/h5-8H,4,9-10H2,1-3H3,(H,16,17)(H,18,19). The monoisotopic (exact) mass is 311 g/mol. The van der Waals surface area contributed by atoms with Gasteiger partial charge in [-0.15, -0.1) is 0 Å². The van der Waals surface area contributed by atoms with Crippen LogP contribution in [0.5, 0.6) is 11.5 Å². The lowest BCUT2D eigenvalue weighted by Crippen LogP contribution is -2.56. The first-order chi connectivity index (χ1) is 10.4. The molecule has 0 fully saturated rings. The van der Waals surface area contributed by atoms with Crippen LogP contribution in [0.25, 0.3) is 0 Å². The summed E-state index contributed by atoms with van der Waals surface area (Å²) < 4.78 is 15.6. The summed E-state index contributed by atoms with van der Waals surface area (Å²) in [6.45, 7) is 3.20. The van der Waals surface area contributed by atoms with E-state index < -0.39 is 17.4 Å². The molecular weight excluding hydrogens is 290 g/mol. The fourth-order valence-corrected chi connectivity index (χ4v) is 1.77. The van der Waals surface area contributed by atoms with E-state index in [-0.39, 0.29) is 13.2 Å². The van der Waals surface area contributed by atoms with Crippen LogP contribution in [0.4, 0.5) is 0 Å². The number of aliphatic carboxylic acids is 1. The van der Waals surface area contributed by atoms with Crippen molar-refractivity contribution in [3.63, 3.8) is 0 Å². The summed E-state index contributed by atoms with van der Waals surface area (Å²) in [7, 11) is 1.36. The molecule has 7 nitrogen and oxygen atoms in total. The van der Waals surface area contributed by atoms with Gasteiger partial charge in [-0.2, -0.15) is 0 Å². The summed E-state index contributed by atoms with van der Waals surface area (Å²) >= 11 is 0. The Bertz CT molecular complexity index is 519. The third-order valence-electron chi connectivity index (χ3n) is 2.83. The Labute approximate surface area is 129 Å². The topological polar surface area (TPSA) is 94.1 Å². The van der Waals surface area contributed by atoms with E-state index in [0.29, 0.717) is 18.1 Å². The SMILES string of the molecule is CCOc1ccccc1OCC(=O)NC(C)(COC)C(=O)O. The summed E-state index contributed by atoms with van der Waals surface area (Å²) in [4.78, 5) is 23.1. The number of benzene rings is 1. The Morgan fingerprint density at radius 2 is 1.82 bits per heavy atom. The molecule has 0 heterocycles. The van der Waals surface area contributed by atoms with Crippen LogP contribution in [0.3, 0.4) is 0 Å². The van der Waals surface area contributed by atoms with Crippen molar-refractivity contribution < 1.29 is 28.9 Å². The highest BCUT2D eigenvalue weighted by molar-refractivity contribution is 5.87. The van der Waals surface area contributed by atoms with Gasteiger partial charge in [-0.05, 0) is 26.0 Å². The number of rotatable bonds is 9. The van der Waals surface area contributed by atoms with E-state index in [1.54, 1.807) is 24.3 Å². The smallest absolute Gasteiger partial charge is 0.331 e. The third kappa shape index (κ3) is 4.92. The lowest BCUT2D eigenvalue weighted by molar-refractivity contribution is -0.149. The quantitative estimate of drug-likeness (QED) is 0.708. The number of hydrogen-bond donors (Lipinski definition) is 2. The minimum atomic E-state index is -1.51. The second kappa shape index (κ2) is 8.23. The van der Waals surface area contributed by atoms with Gasteiger partial charge >= 0.3 is 5.97 Å². The van der Waals surface area contributed by atoms with Gasteiger partial charge < -0.3 is 24.6 Å². The molecule has 0 saturated heterocycles. The maximum Gasteiger partial charge on any atom is 0.331 e. The van der Waals surface area contributed by atoms with E-state index in [4.69, 9.17) is 19.3 Å². The highest BCUT2D eigenvalue weighted by atomic mass is 16.5. The lowest BCUT2D eigenvalue weighted by Gasteiger charge is -2.25. The minimum Gasteiger partial charge on any atom is -0.490 e. The number of methoxy groups -OCH3 is 1. The highest BCUT2D eigenvalue weighted by Crippen LogP contribution is 2.26. The number of hydrogen-bond acceptors (Lipinski definition) is 5. The molecule has 1 aromatic carbocycles. The number of ether oxygens (including phenoxy) is 3. The first-order valence-corrected chi connectivity index (χ1v) is 6.81.